The number of nitrogens with one attached hydrogen (secondary N) is 2. The normalized spacial score (nSPS) is 12.6. The molecule has 0 unspecified atom stereocenters. The molecule has 0 saturated heterocycles. The van der Waals surface area contributed by atoms with Crippen LogP contribution in [-0.2, 0) is 10.0 Å². The highest BCUT2D eigenvalue weighted by Crippen LogP contribution is 2.35. The van der Waals surface area contributed by atoms with E-state index in [0.29, 0.717) is 5.56 Å². The van der Waals surface area contributed by atoms with Crippen molar-refractivity contribution in [2.24, 2.45) is 0 Å². The molecule has 0 heterocycles. The van der Waals surface area contributed by atoms with Gasteiger partial charge in [-0.05, 0) is 31.3 Å². The van der Waals surface area contributed by atoms with Crippen LogP contribution in [0.2, 0.25) is 10.0 Å². The summed E-state index contributed by atoms with van der Waals surface area (Å²) in [5.74, 6) is 0. The third kappa shape index (κ3) is 4.25. The number of benzene rings is 2. The lowest BCUT2D eigenvalue weighted by atomic mass is 10.1. The number of hydrogen-bond acceptors (Lipinski definition) is 6. The fourth-order valence-corrected chi connectivity index (χ4v) is 3.72. The summed E-state index contributed by atoms with van der Waals surface area (Å²) in [6, 6.07) is 7.33. The van der Waals surface area contributed by atoms with Crippen LogP contribution in [0.25, 0.3) is 0 Å². The fourth-order valence-electron chi connectivity index (χ4n) is 2.31. The first-order valence-corrected chi connectivity index (χ1v) is 9.48. The quantitative estimate of drug-likeness (QED) is 0.468. The lowest BCUT2D eigenvalue weighted by Gasteiger charge is -2.20. The molecule has 0 aliphatic heterocycles. The van der Waals surface area contributed by atoms with Crippen molar-refractivity contribution in [3.05, 3.63) is 62.1 Å². The average molecular weight is 420 g/mol. The lowest BCUT2D eigenvalue weighted by Crippen LogP contribution is -2.19. The summed E-state index contributed by atoms with van der Waals surface area (Å²) in [6.45, 7) is -0.447. The van der Waals surface area contributed by atoms with Crippen LogP contribution < -0.4 is 10.0 Å². The van der Waals surface area contributed by atoms with Gasteiger partial charge in [0.2, 0.25) is 10.0 Å². The van der Waals surface area contributed by atoms with E-state index < -0.39 is 33.3 Å². The van der Waals surface area contributed by atoms with Crippen molar-refractivity contribution in [2.45, 2.75) is 10.9 Å². The van der Waals surface area contributed by atoms with Gasteiger partial charge in [0.1, 0.15) is 5.69 Å². The van der Waals surface area contributed by atoms with Gasteiger partial charge in [-0.3, -0.25) is 10.1 Å². The summed E-state index contributed by atoms with van der Waals surface area (Å²) in [4.78, 5) is 10.4. The molecule has 0 fully saturated rings. The molecular formula is C15H15Cl2N3O5S. The Bertz CT molecular complexity index is 917. The number of nitro groups is 1. The molecule has 0 aliphatic carbocycles. The summed E-state index contributed by atoms with van der Waals surface area (Å²) in [5.41, 5.74) is -0.0809. The number of rotatable bonds is 7. The monoisotopic (exact) mass is 419 g/mol. The number of halogens is 2. The van der Waals surface area contributed by atoms with Crippen LogP contribution in [-0.4, -0.2) is 32.1 Å². The van der Waals surface area contributed by atoms with Crippen molar-refractivity contribution in [1.29, 1.82) is 0 Å². The van der Waals surface area contributed by atoms with Crippen LogP contribution in [0.1, 0.15) is 11.6 Å². The summed E-state index contributed by atoms with van der Waals surface area (Å²) in [7, 11) is -2.64. The molecule has 0 aliphatic rings. The van der Waals surface area contributed by atoms with E-state index >= 15 is 0 Å². The van der Waals surface area contributed by atoms with E-state index in [2.05, 4.69) is 10.0 Å². The average Bonchev–Trinajstić information content (AvgIpc) is 2.60. The van der Waals surface area contributed by atoms with Gasteiger partial charge in [0, 0.05) is 21.7 Å². The second kappa shape index (κ2) is 8.19. The molecule has 8 nitrogen and oxygen atoms in total. The number of nitro benzene ring substituents is 1. The fraction of sp³-hybridized carbons (Fsp3) is 0.200. The zero-order valence-corrected chi connectivity index (χ0v) is 15.8. The van der Waals surface area contributed by atoms with Crippen LogP contribution in [0.15, 0.2) is 41.3 Å². The molecular weight excluding hydrogens is 405 g/mol. The Kier molecular flexibility index (Phi) is 6.43. The standard InChI is InChI=1S/C15H15Cl2N3O5S/c1-18-26(24,25)9-5-6-12(14(7-9)20(22)23)19-13(8-21)15-10(16)3-2-4-11(15)17/h2-7,13,18-19,21H,8H2,1H3/t13-/m0/s1. The van der Waals surface area contributed by atoms with Gasteiger partial charge in [0.25, 0.3) is 5.69 Å². The Morgan fingerprint density at radius 3 is 2.35 bits per heavy atom. The van der Waals surface area contributed by atoms with Gasteiger partial charge in [-0.15, -0.1) is 0 Å². The van der Waals surface area contributed by atoms with Gasteiger partial charge >= 0.3 is 0 Å². The van der Waals surface area contributed by atoms with Crippen LogP contribution in [0.3, 0.4) is 0 Å². The summed E-state index contributed by atoms with van der Waals surface area (Å²) >= 11 is 12.2. The van der Waals surface area contributed by atoms with Crippen LogP contribution >= 0.6 is 23.2 Å². The molecule has 0 radical (unpaired) electrons. The molecule has 3 N–H and O–H groups in total. The molecule has 0 bridgehead atoms. The molecule has 2 aromatic rings. The van der Waals surface area contributed by atoms with Gasteiger partial charge in [0.05, 0.1) is 22.5 Å². The lowest BCUT2D eigenvalue weighted by molar-refractivity contribution is -0.384. The van der Waals surface area contributed by atoms with Gasteiger partial charge in [-0.25, -0.2) is 13.1 Å². The maximum atomic E-state index is 11.8. The first kappa shape index (κ1) is 20.4. The number of anilines is 1. The second-order valence-corrected chi connectivity index (χ2v) is 7.86. The maximum absolute atomic E-state index is 11.8. The predicted octanol–water partition coefficient (Wildman–Crippen LogP) is 2.96. The Morgan fingerprint density at radius 2 is 1.85 bits per heavy atom. The van der Waals surface area contributed by atoms with Crippen molar-refractivity contribution in [3.63, 3.8) is 0 Å². The SMILES string of the molecule is CNS(=O)(=O)c1ccc(N[C@@H](CO)c2c(Cl)cccc2Cl)c([N+](=O)[O-])c1. The first-order chi connectivity index (χ1) is 12.2. The van der Waals surface area contributed by atoms with E-state index in [1.165, 1.54) is 19.2 Å². The van der Waals surface area contributed by atoms with Crippen molar-refractivity contribution >= 4 is 44.6 Å². The summed E-state index contributed by atoms with van der Waals surface area (Å²) in [6.07, 6.45) is 0. The maximum Gasteiger partial charge on any atom is 0.293 e. The van der Waals surface area contributed by atoms with Crippen LogP contribution in [0, 0.1) is 10.1 Å². The molecule has 0 amide bonds. The molecule has 0 aromatic heterocycles. The van der Waals surface area contributed by atoms with Gasteiger partial charge in [0.15, 0.2) is 0 Å². The molecule has 2 rings (SSSR count). The smallest absolute Gasteiger partial charge is 0.293 e. The largest absolute Gasteiger partial charge is 0.394 e. The summed E-state index contributed by atoms with van der Waals surface area (Å²) < 4.78 is 25.8. The minimum absolute atomic E-state index is 0.0140. The Hall–Kier alpha value is -1.91. The number of aliphatic hydroxyl groups is 1. The number of aliphatic hydroxyl groups excluding tert-OH is 1. The highest BCUT2D eigenvalue weighted by molar-refractivity contribution is 7.89. The van der Waals surface area contributed by atoms with E-state index in [9.17, 15) is 23.6 Å². The number of nitrogens with zero attached hydrogens (tertiary/aromatic N) is 1. The Morgan fingerprint density at radius 1 is 1.23 bits per heavy atom. The third-order valence-electron chi connectivity index (χ3n) is 3.61. The minimum Gasteiger partial charge on any atom is -0.394 e. The zero-order chi connectivity index (χ0) is 19.5. The molecule has 2 aromatic carbocycles. The first-order valence-electron chi connectivity index (χ1n) is 7.24. The predicted molar refractivity (Wildman–Crippen MR) is 99.3 cm³/mol. The van der Waals surface area contributed by atoms with Crippen LogP contribution in [0.4, 0.5) is 11.4 Å². The van der Waals surface area contributed by atoms with E-state index in [4.69, 9.17) is 23.2 Å². The Balaban J connectivity index is 2.49. The highest BCUT2D eigenvalue weighted by Gasteiger charge is 2.24. The molecule has 26 heavy (non-hydrogen) atoms. The van der Waals surface area contributed by atoms with Crippen molar-refractivity contribution in [3.8, 4) is 0 Å². The number of sulfonamides is 1. The molecule has 0 spiro atoms. The molecule has 1 atom stereocenters. The second-order valence-electron chi connectivity index (χ2n) is 5.16. The van der Waals surface area contributed by atoms with Crippen LogP contribution in [0.5, 0.6) is 0 Å². The summed E-state index contributed by atoms with van der Waals surface area (Å²) in [5, 5.41) is 24.4. The topological polar surface area (TPSA) is 122 Å². The van der Waals surface area contributed by atoms with Crippen molar-refractivity contribution in [2.75, 3.05) is 19.0 Å². The van der Waals surface area contributed by atoms with Crippen molar-refractivity contribution in [1.82, 2.24) is 4.72 Å². The highest BCUT2D eigenvalue weighted by atomic mass is 35.5. The van der Waals surface area contributed by atoms with E-state index in [0.717, 1.165) is 6.07 Å². The molecule has 0 saturated carbocycles. The van der Waals surface area contributed by atoms with Gasteiger partial charge < -0.3 is 10.4 Å². The van der Waals surface area contributed by atoms with E-state index in [1.54, 1.807) is 18.2 Å². The van der Waals surface area contributed by atoms with Crippen molar-refractivity contribution < 1.29 is 18.4 Å². The van der Waals surface area contributed by atoms with E-state index in [1.807, 2.05) is 0 Å². The minimum atomic E-state index is -3.84. The van der Waals surface area contributed by atoms with Gasteiger partial charge in [-0.2, -0.15) is 0 Å². The molecule has 140 valence electrons. The number of hydrogen-bond donors (Lipinski definition) is 3. The zero-order valence-electron chi connectivity index (χ0n) is 13.4. The molecule has 11 heteroatoms. The van der Waals surface area contributed by atoms with Gasteiger partial charge in [-0.1, -0.05) is 29.3 Å². The third-order valence-corrected chi connectivity index (χ3v) is 5.68. The van der Waals surface area contributed by atoms with E-state index in [-0.39, 0.29) is 20.6 Å². The Labute approximate surface area is 159 Å².